The van der Waals surface area contributed by atoms with Crippen LogP contribution in [0.2, 0.25) is 5.02 Å². The first-order chi connectivity index (χ1) is 15.6. The third-order valence-corrected chi connectivity index (χ3v) is 5.68. The van der Waals surface area contributed by atoms with Crippen molar-refractivity contribution in [1.29, 1.82) is 0 Å². The number of hydrogen-bond donors (Lipinski definition) is 1. The highest BCUT2D eigenvalue weighted by molar-refractivity contribution is 6.30. The van der Waals surface area contributed by atoms with Gasteiger partial charge in [0.15, 0.2) is 11.9 Å². The Kier molecular flexibility index (Phi) is 5.29. The predicted octanol–water partition coefficient (Wildman–Crippen LogP) is 4.44. The van der Waals surface area contributed by atoms with Gasteiger partial charge in [0.05, 0.1) is 11.4 Å². The number of nitrogens with zero attached hydrogens (tertiary/aromatic N) is 4. The summed E-state index contributed by atoms with van der Waals surface area (Å²) in [5.41, 5.74) is 4.38. The number of amides is 1. The van der Waals surface area contributed by atoms with Gasteiger partial charge in [0.2, 0.25) is 0 Å². The first-order valence-electron chi connectivity index (χ1n) is 10.3. The minimum absolute atomic E-state index is 0.234. The molecule has 0 spiro atoms. The highest BCUT2D eigenvalue weighted by Crippen LogP contribution is 2.31. The lowest BCUT2D eigenvalue weighted by atomic mass is 10.0. The van der Waals surface area contributed by atoms with Crippen LogP contribution in [0.3, 0.4) is 0 Å². The molecule has 5 rings (SSSR count). The lowest BCUT2D eigenvalue weighted by Crippen LogP contribution is -2.29. The number of fused-ring (bicyclic) bond motifs is 3. The summed E-state index contributed by atoms with van der Waals surface area (Å²) in [6.07, 6.45) is 0. The maximum Gasteiger partial charge on any atom is 0.253 e. The molecule has 7 heteroatoms. The number of para-hydroxylation sites is 1. The van der Waals surface area contributed by atoms with Gasteiger partial charge in [-0.1, -0.05) is 72.3 Å². The third-order valence-electron chi connectivity index (χ3n) is 5.43. The number of aryl methyl sites for hydroxylation is 1. The molecule has 3 aromatic carbocycles. The molecule has 0 saturated heterocycles. The number of carbonyl (C=O) groups excluding carboxylic acids is 1. The van der Waals surface area contributed by atoms with Crippen LogP contribution in [0.4, 0.5) is 0 Å². The van der Waals surface area contributed by atoms with Gasteiger partial charge in [-0.2, -0.15) is 0 Å². The maximum absolute atomic E-state index is 13.4. The molecule has 2 heterocycles. The van der Waals surface area contributed by atoms with Crippen molar-refractivity contribution in [2.45, 2.75) is 19.5 Å². The normalized spacial score (nSPS) is 14.7. The molecule has 1 amide bonds. The number of halogens is 1. The number of carbonyl (C=O) groups is 1. The molecule has 0 radical (unpaired) electrons. The van der Waals surface area contributed by atoms with Crippen LogP contribution >= 0.6 is 11.6 Å². The van der Waals surface area contributed by atoms with Crippen molar-refractivity contribution in [2.24, 2.45) is 4.99 Å². The van der Waals surface area contributed by atoms with Gasteiger partial charge in [-0.25, -0.2) is 0 Å². The van der Waals surface area contributed by atoms with Crippen LogP contribution in [0.1, 0.15) is 34.4 Å². The molecule has 1 N–H and O–H groups in total. The third kappa shape index (κ3) is 3.69. The molecule has 1 aliphatic heterocycles. The minimum atomic E-state index is -0.849. The van der Waals surface area contributed by atoms with Gasteiger partial charge in [0.1, 0.15) is 5.82 Å². The van der Waals surface area contributed by atoms with Crippen LogP contribution in [0.5, 0.6) is 0 Å². The minimum Gasteiger partial charge on any atom is -0.350 e. The van der Waals surface area contributed by atoms with E-state index in [1.54, 1.807) is 0 Å². The molecule has 158 valence electrons. The zero-order valence-corrected chi connectivity index (χ0v) is 18.1. The number of nitrogens with one attached hydrogen (secondary N) is 1. The molecule has 1 aromatic heterocycles. The Morgan fingerprint density at radius 3 is 2.47 bits per heavy atom. The number of benzene rings is 3. The van der Waals surface area contributed by atoms with Gasteiger partial charge >= 0.3 is 0 Å². The fraction of sp³-hybridized carbons (Fsp3) is 0.120. The van der Waals surface area contributed by atoms with Crippen molar-refractivity contribution < 1.29 is 4.79 Å². The summed E-state index contributed by atoms with van der Waals surface area (Å²) in [7, 11) is 0. The molecule has 0 saturated carbocycles. The second kappa shape index (κ2) is 8.40. The van der Waals surface area contributed by atoms with E-state index < -0.39 is 6.04 Å². The molecule has 32 heavy (non-hydrogen) atoms. The second-order valence-corrected chi connectivity index (χ2v) is 7.98. The standard InChI is InChI=1S/C25H20ClN5O/c1-16-29-30-24-23(25(32)27-15-17-7-3-2-4-8-17)28-22(18-11-13-19(26)14-12-18)20-9-5-6-10-21(20)31(16)24/h2-14,23H,15H2,1H3,(H,27,32). The summed E-state index contributed by atoms with van der Waals surface area (Å²) >= 11 is 6.11. The van der Waals surface area contributed by atoms with Crippen LogP contribution in [-0.4, -0.2) is 26.4 Å². The summed E-state index contributed by atoms with van der Waals surface area (Å²) in [5.74, 6) is 0.951. The molecular formula is C25H20ClN5O. The topological polar surface area (TPSA) is 72.2 Å². The van der Waals surface area contributed by atoms with Gasteiger partial charge in [-0.05, 0) is 30.7 Å². The first-order valence-corrected chi connectivity index (χ1v) is 10.7. The van der Waals surface area contributed by atoms with Crippen molar-refractivity contribution in [3.63, 3.8) is 0 Å². The molecular weight excluding hydrogens is 422 g/mol. The van der Waals surface area contributed by atoms with E-state index in [1.165, 1.54) is 0 Å². The molecule has 0 bridgehead atoms. The Bertz CT molecular complexity index is 1310. The Morgan fingerprint density at radius 2 is 1.69 bits per heavy atom. The molecule has 0 fully saturated rings. The Hall–Kier alpha value is -3.77. The highest BCUT2D eigenvalue weighted by atomic mass is 35.5. The van der Waals surface area contributed by atoms with Crippen molar-refractivity contribution in [3.05, 3.63) is 112 Å². The van der Waals surface area contributed by atoms with Crippen LogP contribution in [0, 0.1) is 6.92 Å². The van der Waals surface area contributed by atoms with Gasteiger partial charge in [0, 0.05) is 22.7 Å². The summed E-state index contributed by atoms with van der Waals surface area (Å²) < 4.78 is 1.91. The fourth-order valence-electron chi connectivity index (χ4n) is 3.87. The highest BCUT2D eigenvalue weighted by Gasteiger charge is 2.32. The monoisotopic (exact) mass is 441 g/mol. The smallest absolute Gasteiger partial charge is 0.253 e. The molecule has 6 nitrogen and oxygen atoms in total. The predicted molar refractivity (Wildman–Crippen MR) is 124 cm³/mol. The SMILES string of the molecule is Cc1nnc2n1-c1ccccc1C(c1ccc(Cl)cc1)=NC2C(=O)NCc1ccccc1. The van der Waals surface area contributed by atoms with E-state index in [4.69, 9.17) is 16.6 Å². The number of rotatable bonds is 4. The molecule has 4 aromatic rings. The van der Waals surface area contributed by atoms with Crippen molar-refractivity contribution >= 4 is 23.2 Å². The molecule has 1 atom stereocenters. The Morgan fingerprint density at radius 1 is 0.969 bits per heavy atom. The van der Waals surface area contributed by atoms with Gasteiger partial charge in [-0.15, -0.1) is 10.2 Å². The fourth-order valence-corrected chi connectivity index (χ4v) is 4.00. The summed E-state index contributed by atoms with van der Waals surface area (Å²) in [6, 6.07) is 24.3. The maximum atomic E-state index is 13.4. The number of aliphatic imine (C=N–C) groups is 1. The van der Waals surface area contributed by atoms with E-state index in [2.05, 4.69) is 15.5 Å². The zero-order valence-electron chi connectivity index (χ0n) is 17.4. The first kappa shape index (κ1) is 20.2. The largest absolute Gasteiger partial charge is 0.350 e. The van der Waals surface area contributed by atoms with Gasteiger partial charge in [-0.3, -0.25) is 14.4 Å². The molecule has 1 aliphatic rings. The number of hydrogen-bond acceptors (Lipinski definition) is 4. The van der Waals surface area contributed by atoms with Gasteiger partial charge in [0.25, 0.3) is 5.91 Å². The lowest BCUT2D eigenvalue weighted by molar-refractivity contribution is -0.122. The van der Waals surface area contributed by atoms with E-state index in [0.29, 0.717) is 28.9 Å². The zero-order chi connectivity index (χ0) is 22.1. The Labute approximate surface area is 190 Å². The quantitative estimate of drug-likeness (QED) is 0.509. The van der Waals surface area contributed by atoms with E-state index in [9.17, 15) is 4.79 Å². The van der Waals surface area contributed by atoms with Crippen LogP contribution in [-0.2, 0) is 11.3 Å². The average molecular weight is 442 g/mol. The lowest BCUT2D eigenvalue weighted by Gasteiger charge is -2.13. The van der Waals surface area contributed by atoms with Crippen LogP contribution in [0.15, 0.2) is 83.9 Å². The summed E-state index contributed by atoms with van der Waals surface area (Å²) in [5, 5.41) is 12.2. The molecule has 0 aliphatic carbocycles. The van der Waals surface area contributed by atoms with E-state index >= 15 is 0 Å². The van der Waals surface area contributed by atoms with Crippen LogP contribution < -0.4 is 5.32 Å². The average Bonchev–Trinajstić information content (AvgIpc) is 3.13. The van der Waals surface area contributed by atoms with E-state index in [-0.39, 0.29) is 5.91 Å². The Balaban J connectivity index is 1.62. The summed E-state index contributed by atoms with van der Waals surface area (Å²) in [6.45, 7) is 2.28. The van der Waals surface area contributed by atoms with Crippen molar-refractivity contribution in [1.82, 2.24) is 20.1 Å². The van der Waals surface area contributed by atoms with Crippen molar-refractivity contribution in [3.8, 4) is 5.69 Å². The van der Waals surface area contributed by atoms with Crippen LogP contribution in [0.25, 0.3) is 5.69 Å². The molecule has 1 unspecified atom stereocenters. The van der Waals surface area contributed by atoms with E-state index in [1.807, 2.05) is 90.4 Å². The number of aromatic nitrogens is 3. The van der Waals surface area contributed by atoms with Crippen molar-refractivity contribution in [2.75, 3.05) is 0 Å². The van der Waals surface area contributed by atoms with Gasteiger partial charge < -0.3 is 5.32 Å². The summed E-state index contributed by atoms with van der Waals surface area (Å²) in [4.78, 5) is 18.3. The second-order valence-electron chi connectivity index (χ2n) is 7.55. The van der Waals surface area contributed by atoms with E-state index in [0.717, 1.165) is 22.4 Å².